The van der Waals surface area contributed by atoms with Crippen molar-refractivity contribution >= 4 is 17.5 Å². The highest BCUT2D eigenvalue weighted by Gasteiger charge is 2.25. The first-order chi connectivity index (χ1) is 11.5. The van der Waals surface area contributed by atoms with Crippen molar-refractivity contribution in [3.63, 3.8) is 0 Å². The van der Waals surface area contributed by atoms with E-state index in [-0.39, 0.29) is 17.7 Å². The Kier molecular flexibility index (Phi) is 4.64. The van der Waals surface area contributed by atoms with Crippen molar-refractivity contribution < 1.29 is 9.59 Å². The van der Waals surface area contributed by atoms with Gasteiger partial charge in [0.1, 0.15) is 5.82 Å². The van der Waals surface area contributed by atoms with Gasteiger partial charge in [0, 0.05) is 31.6 Å². The Balaban J connectivity index is 1.58. The lowest BCUT2D eigenvalue weighted by Gasteiger charge is -2.30. The van der Waals surface area contributed by atoms with Gasteiger partial charge < -0.3 is 15.2 Å². The third kappa shape index (κ3) is 3.64. The van der Waals surface area contributed by atoms with E-state index < -0.39 is 0 Å². The van der Waals surface area contributed by atoms with E-state index in [4.69, 9.17) is 0 Å². The van der Waals surface area contributed by atoms with Crippen LogP contribution in [0.1, 0.15) is 25.6 Å². The van der Waals surface area contributed by atoms with Crippen LogP contribution < -0.4 is 5.32 Å². The Bertz CT molecular complexity index is 728. The first-order valence-electron chi connectivity index (χ1n) is 8.21. The number of imidazole rings is 1. The number of hydrogen-bond acceptors (Lipinski definition) is 3. The molecule has 6 nitrogen and oxygen atoms in total. The van der Waals surface area contributed by atoms with E-state index in [1.165, 1.54) is 0 Å². The van der Waals surface area contributed by atoms with E-state index in [9.17, 15) is 9.59 Å². The van der Waals surface area contributed by atoms with Crippen molar-refractivity contribution in [2.24, 2.45) is 5.92 Å². The molecule has 0 atom stereocenters. The molecule has 0 radical (unpaired) electrons. The van der Waals surface area contributed by atoms with Crippen LogP contribution in [0.4, 0.5) is 5.69 Å². The highest BCUT2D eigenvalue weighted by Crippen LogP contribution is 2.22. The number of likely N-dealkylation sites (tertiary alicyclic amines) is 1. The first kappa shape index (κ1) is 16.2. The van der Waals surface area contributed by atoms with Crippen molar-refractivity contribution in [2.45, 2.75) is 26.7 Å². The summed E-state index contributed by atoms with van der Waals surface area (Å²) in [5.74, 6) is 0.955. The lowest BCUT2D eigenvalue weighted by Crippen LogP contribution is -2.40. The molecule has 1 aliphatic heterocycles. The number of anilines is 1. The van der Waals surface area contributed by atoms with E-state index in [1.54, 1.807) is 18.0 Å². The molecule has 2 N–H and O–H groups in total. The fourth-order valence-electron chi connectivity index (χ4n) is 3.00. The lowest BCUT2D eigenvalue weighted by atomic mass is 9.95. The van der Waals surface area contributed by atoms with Gasteiger partial charge in [-0.25, -0.2) is 4.98 Å². The van der Waals surface area contributed by atoms with Gasteiger partial charge in [0.15, 0.2) is 0 Å². The maximum Gasteiger partial charge on any atom is 0.227 e. The molecule has 2 amide bonds. The minimum absolute atomic E-state index is 0.0309. The number of amides is 2. The number of aromatic amines is 1. The number of aromatic nitrogens is 2. The molecule has 1 aromatic heterocycles. The third-order valence-electron chi connectivity index (χ3n) is 4.48. The number of piperidine rings is 1. The number of carbonyl (C=O) groups excluding carboxylic acids is 2. The maximum absolute atomic E-state index is 12.4. The molecule has 6 heteroatoms. The molecule has 24 heavy (non-hydrogen) atoms. The molecule has 2 aromatic rings. The Hall–Kier alpha value is -2.63. The van der Waals surface area contributed by atoms with Crippen molar-refractivity contribution in [3.8, 4) is 11.3 Å². The summed E-state index contributed by atoms with van der Waals surface area (Å²) in [7, 11) is 0. The predicted molar refractivity (Wildman–Crippen MR) is 92.4 cm³/mol. The topological polar surface area (TPSA) is 78.1 Å². The molecule has 3 rings (SSSR count). The highest BCUT2D eigenvalue weighted by molar-refractivity contribution is 5.93. The summed E-state index contributed by atoms with van der Waals surface area (Å²) in [6.45, 7) is 4.80. The summed E-state index contributed by atoms with van der Waals surface area (Å²) in [4.78, 5) is 32.9. The van der Waals surface area contributed by atoms with Gasteiger partial charge in [0.05, 0.1) is 11.9 Å². The molecular formula is C18H22N4O2. The lowest BCUT2D eigenvalue weighted by molar-refractivity contribution is -0.132. The third-order valence-corrected chi connectivity index (χ3v) is 4.48. The van der Waals surface area contributed by atoms with Gasteiger partial charge in [0.25, 0.3) is 0 Å². The van der Waals surface area contributed by atoms with Crippen LogP contribution in [0.3, 0.4) is 0 Å². The first-order valence-corrected chi connectivity index (χ1v) is 8.21. The summed E-state index contributed by atoms with van der Waals surface area (Å²) >= 11 is 0. The van der Waals surface area contributed by atoms with E-state index in [0.29, 0.717) is 13.1 Å². The summed E-state index contributed by atoms with van der Waals surface area (Å²) in [5, 5.41) is 2.97. The molecule has 0 saturated carbocycles. The van der Waals surface area contributed by atoms with Gasteiger partial charge in [-0.1, -0.05) is 12.1 Å². The minimum Gasteiger partial charge on any atom is -0.343 e. The Morgan fingerprint density at radius 1 is 1.21 bits per heavy atom. The molecule has 1 saturated heterocycles. The molecular weight excluding hydrogens is 304 g/mol. The van der Waals surface area contributed by atoms with Crippen LogP contribution in [-0.4, -0.2) is 39.8 Å². The number of benzene rings is 1. The van der Waals surface area contributed by atoms with Crippen LogP contribution in [0.15, 0.2) is 30.5 Å². The van der Waals surface area contributed by atoms with Gasteiger partial charge in [-0.2, -0.15) is 0 Å². The summed E-state index contributed by atoms with van der Waals surface area (Å²) < 4.78 is 0. The second-order valence-corrected chi connectivity index (χ2v) is 6.23. The normalized spacial score (nSPS) is 15.3. The van der Waals surface area contributed by atoms with E-state index in [2.05, 4.69) is 15.3 Å². The van der Waals surface area contributed by atoms with Crippen LogP contribution >= 0.6 is 0 Å². The SMILES string of the molecule is CC(=O)N1CCC(C(=O)Nc2ccc(-c3cnc(C)[nH]3)cc2)CC1. The number of H-pyrrole nitrogens is 1. The van der Waals surface area contributed by atoms with Crippen LogP contribution in [0.5, 0.6) is 0 Å². The smallest absolute Gasteiger partial charge is 0.227 e. The molecule has 2 heterocycles. The summed E-state index contributed by atoms with van der Waals surface area (Å²) in [6, 6.07) is 7.71. The van der Waals surface area contributed by atoms with Gasteiger partial charge >= 0.3 is 0 Å². The molecule has 0 aliphatic carbocycles. The van der Waals surface area contributed by atoms with E-state index in [1.807, 2.05) is 31.2 Å². The minimum atomic E-state index is -0.0319. The fourth-order valence-corrected chi connectivity index (χ4v) is 3.00. The average molecular weight is 326 g/mol. The predicted octanol–water partition coefficient (Wildman–Crippen LogP) is 2.58. The van der Waals surface area contributed by atoms with Crippen molar-refractivity contribution in [3.05, 3.63) is 36.3 Å². The number of nitrogens with one attached hydrogen (secondary N) is 2. The molecule has 0 spiro atoms. The van der Waals surface area contributed by atoms with E-state index in [0.717, 1.165) is 35.6 Å². The van der Waals surface area contributed by atoms with Crippen LogP contribution in [-0.2, 0) is 9.59 Å². The zero-order valence-corrected chi connectivity index (χ0v) is 14.0. The van der Waals surface area contributed by atoms with Crippen LogP contribution in [0.2, 0.25) is 0 Å². The summed E-state index contributed by atoms with van der Waals surface area (Å²) in [6.07, 6.45) is 3.24. The number of aryl methyl sites for hydroxylation is 1. The molecule has 126 valence electrons. The fraction of sp³-hybridized carbons (Fsp3) is 0.389. The Morgan fingerprint density at radius 3 is 2.42 bits per heavy atom. The average Bonchev–Trinajstić information content (AvgIpc) is 3.02. The second kappa shape index (κ2) is 6.86. The van der Waals surface area contributed by atoms with Crippen molar-refractivity contribution in [1.82, 2.24) is 14.9 Å². The number of carbonyl (C=O) groups is 2. The Labute approximate surface area is 141 Å². The number of hydrogen-bond donors (Lipinski definition) is 2. The van der Waals surface area contributed by atoms with Crippen LogP contribution in [0.25, 0.3) is 11.3 Å². The molecule has 1 aliphatic rings. The van der Waals surface area contributed by atoms with Gasteiger partial charge in [0.2, 0.25) is 11.8 Å². The Morgan fingerprint density at radius 2 is 1.88 bits per heavy atom. The number of rotatable bonds is 3. The monoisotopic (exact) mass is 326 g/mol. The summed E-state index contributed by atoms with van der Waals surface area (Å²) in [5.41, 5.74) is 2.78. The van der Waals surface area contributed by atoms with Crippen molar-refractivity contribution in [1.29, 1.82) is 0 Å². The van der Waals surface area contributed by atoms with Crippen molar-refractivity contribution in [2.75, 3.05) is 18.4 Å². The highest BCUT2D eigenvalue weighted by atomic mass is 16.2. The molecule has 0 bridgehead atoms. The van der Waals surface area contributed by atoms with Gasteiger partial charge in [-0.3, -0.25) is 9.59 Å². The number of nitrogens with zero attached hydrogens (tertiary/aromatic N) is 2. The largest absolute Gasteiger partial charge is 0.343 e. The molecule has 0 unspecified atom stereocenters. The zero-order chi connectivity index (χ0) is 17.1. The van der Waals surface area contributed by atoms with Gasteiger partial charge in [-0.05, 0) is 37.5 Å². The molecule has 1 aromatic carbocycles. The standard InChI is InChI=1S/C18H22N4O2/c1-12-19-11-17(20-12)14-3-5-16(6-4-14)21-18(24)15-7-9-22(10-8-15)13(2)23/h3-6,11,15H,7-10H2,1-2H3,(H,19,20)(H,21,24). The van der Waals surface area contributed by atoms with E-state index >= 15 is 0 Å². The van der Waals surface area contributed by atoms with Crippen LogP contribution in [0, 0.1) is 12.8 Å². The van der Waals surface area contributed by atoms with Gasteiger partial charge in [-0.15, -0.1) is 0 Å². The quantitative estimate of drug-likeness (QED) is 0.910. The zero-order valence-electron chi connectivity index (χ0n) is 14.0. The molecule has 1 fully saturated rings. The maximum atomic E-state index is 12.4. The second-order valence-electron chi connectivity index (χ2n) is 6.23.